The van der Waals surface area contributed by atoms with E-state index in [2.05, 4.69) is 34.6 Å². The first-order valence-electron chi connectivity index (χ1n) is 14.9. The van der Waals surface area contributed by atoms with E-state index in [1.54, 1.807) is 13.8 Å². The van der Waals surface area contributed by atoms with Crippen molar-refractivity contribution < 1.29 is 19.4 Å². The zero-order chi connectivity index (χ0) is 27.9. The van der Waals surface area contributed by atoms with Gasteiger partial charge in [0.1, 0.15) is 16.3 Å². The molecular weight excluding hydrogens is 484 g/mol. The Morgan fingerprint density at radius 1 is 0.789 bits per heavy atom. The van der Waals surface area contributed by atoms with Crippen LogP contribution >= 0.6 is 0 Å². The highest BCUT2D eigenvalue weighted by Crippen LogP contribution is 2.78. The van der Waals surface area contributed by atoms with Crippen molar-refractivity contribution in [3.05, 3.63) is 20.2 Å². The number of carbonyl (C=O) groups excluding carboxylic acids is 1. The molecule has 9 atom stereocenters. The highest BCUT2D eigenvalue weighted by atomic mass is 16.7. The zero-order valence-electron chi connectivity index (χ0n) is 24.3. The largest absolute Gasteiger partial charge is 0.516 e. The van der Waals surface area contributed by atoms with Gasteiger partial charge in [0.25, 0.3) is 5.78 Å². The third kappa shape index (κ3) is 2.74. The van der Waals surface area contributed by atoms with Crippen LogP contribution in [0.25, 0.3) is 0 Å². The topological polar surface area (TPSA) is 113 Å². The molecule has 0 radical (unpaired) electrons. The smallest absolute Gasteiger partial charge is 0.377 e. The monoisotopic (exact) mass is 530 g/mol. The van der Waals surface area contributed by atoms with Crippen molar-refractivity contribution in [2.75, 3.05) is 6.61 Å². The molecule has 0 aromatic rings. The van der Waals surface area contributed by atoms with Crippen LogP contribution in [-0.2, 0) is 9.53 Å². The molecule has 1 saturated heterocycles. The first kappa shape index (κ1) is 26.6. The number of hydrogen-bond donors (Lipinski definition) is 0. The normalized spacial score (nSPS) is 51.7. The lowest BCUT2D eigenvalue weighted by Crippen LogP contribution is -2.73. The number of ketones is 1. The quantitative estimate of drug-likeness (QED) is 0.235. The molecule has 6 rings (SSSR count). The molecule has 0 spiro atoms. The second kappa shape index (κ2) is 7.38. The molecular formula is C30H46N2O6. The summed E-state index contributed by atoms with van der Waals surface area (Å²) in [7, 11) is 0. The van der Waals surface area contributed by atoms with Gasteiger partial charge in [-0.15, -0.1) is 0 Å². The summed E-state index contributed by atoms with van der Waals surface area (Å²) in [5.41, 5.74) is -4.16. The zero-order valence-corrected chi connectivity index (χ0v) is 24.3. The minimum absolute atomic E-state index is 0.0366. The maximum absolute atomic E-state index is 13.6. The average molecular weight is 531 g/mol. The van der Waals surface area contributed by atoms with Gasteiger partial charge in [-0.1, -0.05) is 48.5 Å². The van der Waals surface area contributed by atoms with Gasteiger partial charge >= 0.3 is 5.66 Å². The molecule has 5 saturated carbocycles. The first-order valence-corrected chi connectivity index (χ1v) is 14.9. The van der Waals surface area contributed by atoms with Crippen LogP contribution < -0.4 is 0 Å². The van der Waals surface area contributed by atoms with Crippen molar-refractivity contribution >= 4 is 5.78 Å². The van der Waals surface area contributed by atoms with Gasteiger partial charge in [-0.3, -0.25) is 25.0 Å². The molecule has 2 bridgehead atoms. The minimum atomic E-state index is -2.76. The summed E-state index contributed by atoms with van der Waals surface area (Å²) < 4.78 is 6.63. The molecule has 6 aliphatic rings. The van der Waals surface area contributed by atoms with E-state index in [0.717, 1.165) is 45.1 Å². The molecule has 1 aliphatic heterocycles. The maximum atomic E-state index is 13.6. The third-order valence-electron chi connectivity index (χ3n) is 14.5. The molecule has 0 unspecified atom stereocenters. The number of rotatable bonds is 2. The second-order valence-electron chi connectivity index (χ2n) is 16.3. The molecule has 8 heteroatoms. The van der Waals surface area contributed by atoms with Gasteiger partial charge in [0.05, 0.1) is 12.7 Å². The van der Waals surface area contributed by atoms with Gasteiger partial charge < -0.3 is 4.74 Å². The molecule has 212 valence electrons. The van der Waals surface area contributed by atoms with Crippen molar-refractivity contribution in [3.63, 3.8) is 0 Å². The summed E-state index contributed by atoms with van der Waals surface area (Å²) in [5.74, 6) is 0.250. The number of nitrogens with zero attached hydrogens (tertiary/aromatic N) is 2. The highest BCUT2D eigenvalue weighted by molar-refractivity contribution is 5.91. The molecule has 5 aliphatic carbocycles. The van der Waals surface area contributed by atoms with E-state index in [4.69, 9.17) is 4.74 Å². The van der Waals surface area contributed by atoms with Crippen molar-refractivity contribution in [2.45, 2.75) is 118 Å². The van der Waals surface area contributed by atoms with Crippen molar-refractivity contribution in [1.29, 1.82) is 0 Å². The van der Waals surface area contributed by atoms with Crippen LogP contribution in [-0.4, -0.2) is 34.0 Å². The molecule has 38 heavy (non-hydrogen) atoms. The Morgan fingerprint density at radius 3 is 2.05 bits per heavy atom. The number of carbonyl (C=O) groups is 1. The second-order valence-corrected chi connectivity index (χ2v) is 16.3. The molecule has 0 N–H and O–H groups in total. The highest BCUT2D eigenvalue weighted by Gasteiger charge is 2.80. The summed E-state index contributed by atoms with van der Waals surface area (Å²) in [6, 6.07) is 0. The fourth-order valence-electron chi connectivity index (χ4n) is 12.4. The Labute approximate surface area is 226 Å². The first-order chi connectivity index (χ1) is 17.4. The van der Waals surface area contributed by atoms with E-state index in [9.17, 15) is 25.0 Å². The van der Waals surface area contributed by atoms with Gasteiger partial charge in [0, 0.05) is 5.41 Å². The van der Waals surface area contributed by atoms with Crippen molar-refractivity contribution in [2.24, 2.45) is 56.2 Å². The van der Waals surface area contributed by atoms with Crippen LogP contribution in [0.4, 0.5) is 0 Å². The standard InChI is InChI=1S/C30H46N2O6/c1-24(2)12-14-29-15-13-27(6)18(21(29)22(24)38-17-29)8-9-20-26(5)16-30(31(34)35,32(36)37)23(33)25(3,4)19(26)10-11-28(20,27)7/h18-22H,8-17H2,1-7H3/t18-,19+,20-,21+,22-,26+,27-,28-,29-/m1/s1. The molecule has 8 nitrogen and oxygen atoms in total. The van der Waals surface area contributed by atoms with Gasteiger partial charge in [0.2, 0.25) is 0 Å². The number of ether oxygens (including phenoxy) is 1. The lowest BCUT2D eigenvalue weighted by molar-refractivity contribution is -0.782. The Morgan fingerprint density at radius 2 is 1.42 bits per heavy atom. The number of hydrogen-bond acceptors (Lipinski definition) is 6. The number of fused-ring (bicyclic) bond motifs is 5. The third-order valence-corrected chi connectivity index (χ3v) is 14.5. The fraction of sp³-hybridized carbons (Fsp3) is 0.967. The molecule has 0 amide bonds. The van der Waals surface area contributed by atoms with Crippen molar-refractivity contribution in [1.82, 2.24) is 0 Å². The SMILES string of the molecule is CC1(C)CC[C@]23CC[C@]4(C)[C@H](CC[C@@H]5[C@@]6(C)CC([N+](=O)[O-])([N+](=O)[O-])C(=O)C(C)(C)[C@@H]6CC[C@]54C)[C@H]2[C@H]1OC3. The van der Waals surface area contributed by atoms with E-state index >= 15 is 0 Å². The van der Waals surface area contributed by atoms with E-state index in [-0.39, 0.29) is 46.0 Å². The van der Waals surface area contributed by atoms with E-state index in [0.29, 0.717) is 11.8 Å². The number of Topliss-reactive ketones (excluding diaryl/α,β-unsaturated/α-hetero) is 1. The van der Waals surface area contributed by atoms with Gasteiger partial charge in [-0.2, -0.15) is 0 Å². The van der Waals surface area contributed by atoms with Crippen LogP contribution in [0.2, 0.25) is 0 Å². The molecule has 1 heterocycles. The molecule has 6 fully saturated rings. The number of nitro groups is 2. The minimum Gasteiger partial charge on any atom is -0.377 e. The van der Waals surface area contributed by atoms with Crippen LogP contribution in [0, 0.1) is 76.4 Å². The van der Waals surface area contributed by atoms with Gasteiger partial charge in [-0.25, -0.2) is 0 Å². The Balaban J connectivity index is 1.45. The summed E-state index contributed by atoms with van der Waals surface area (Å²) in [4.78, 5) is 36.6. The predicted molar refractivity (Wildman–Crippen MR) is 141 cm³/mol. The summed E-state index contributed by atoms with van der Waals surface area (Å²) in [6.45, 7) is 16.0. The fourth-order valence-corrected chi connectivity index (χ4v) is 12.4. The maximum Gasteiger partial charge on any atom is 0.516 e. The Bertz CT molecular complexity index is 1100. The van der Waals surface area contributed by atoms with Crippen LogP contribution in [0.1, 0.15) is 106 Å². The predicted octanol–water partition coefficient (Wildman–Crippen LogP) is 6.31. The molecule has 0 aromatic heterocycles. The van der Waals surface area contributed by atoms with Crippen LogP contribution in [0.5, 0.6) is 0 Å². The van der Waals surface area contributed by atoms with E-state index in [1.165, 1.54) is 12.8 Å². The average Bonchev–Trinajstić information content (AvgIpc) is 3.15. The van der Waals surface area contributed by atoms with Crippen LogP contribution in [0.3, 0.4) is 0 Å². The van der Waals surface area contributed by atoms with Gasteiger partial charge in [-0.05, 0) is 102 Å². The Kier molecular flexibility index (Phi) is 5.18. The van der Waals surface area contributed by atoms with E-state index in [1.807, 2.05) is 0 Å². The summed E-state index contributed by atoms with van der Waals surface area (Å²) in [6.07, 6.45) is 8.43. The van der Waals surface area contributed by atoms with E-state index < -0.39 is 32.1 Å². The summed E-state index contributed by atoms with van der Waals surface area (Å²) >= 11 is 0. The Hall–Kier alpha value is -1.57. The lowest BCUT2D eigenvalue weighted by Gasteiger charge is -2.72. The summed E-state index contributed by atoms with van der Waals surface area (Å²) in [5, 5.41) is 24.8. The van der Waals surface area contributed by atoms with Gasteiger partial charge in [0.15, 0.2) is 0 Å². The molecule has 0 aromatic carbocycles. The van der Waals surface area contributed by atoms with Crippen molar-refractivity contribution in [3.8, 4) is 0 Å². The lowest BCUT2D eigenvalue weighted by atomic mass is 9.31. The van der Waals surface area contributed by atoms with Crippen LogP contribution in [0.15, 0.2) is 0 Å².